The first-order valence-electron chi connectivity index (χ1n) is 9.61. The summed E-state index contributed by atoms with van der Waals surface area (Å²) < 4.78 is 59.7. The summed E-state index contributed by atoms with van der Waals surface area (Å²) in [6.45, 7) is 2.59. The lowest BCUT2D eigenvalue weighted by atomic mass is 10.1. The topological polar surface area (TPSA) is 17.4 Å². The summed E-state index contributed by atoms with van der Waals surface area (Å²) >= 11 is 0. The number of halogens is 4. The Balaban J connectivity index is 1.75. The van der Waals surface area contributed by atoms with Crippen molar-refractivity contribution in [2.45, 2.75) is 25.8 Å². The highest BCUT2D eigenvalue weighted by Gasteiger charge is 2.30. The van der Waals surface area contributed by atoms with Crippen LogP contribution >= 0.6 is 0 Å². The van der Waals surface area contributed by atoms with Gasteiger partial charge >= 0.3 is 6.18 Å². The van der Waals surface area contributed by atoms with E-state index in [9.17, 15) is 17.6 Å². The summed E-state index contributed by atoms with van der Waals surface area (Å²) in [4.78, 5) is 2.12. The molecule has 0 aliphatic heterocycles. The van der Waals surface area contributed by atoms with Crippen molar-refractivity contribution in [3.8, 4) is 0 Å². The van der Waals surface area contributed by atoms with E-state index in [4.69, 9.17) is 4.74 Å². The molecular formula is C23H24F4N2O. The van der Waals surface area contributed by atoms with Crippen LogP contribution < -0.4 is 0 Å². The summed E-state index contributed by atoms with van der Waals surface area (Å²) in [5.41, 5.74) is 1.74. The summed E-state index contributed by atoms with van der Waals surface area (Å²) in [6, 6.07) is 15.6. The minimum Gasteiger partial charge on any atom is -0.383 e. The fourth-order valence-corrected chi connectivity index (χ4v) is 3.35. The number of ether oxygens (including phenoxy) is 1. The first kappa shape index (κ1) is 22.1. The molecule has 30 heavy (non-hydrogen) atoms. The SMILES string of the molecule is COCCN(Cc1cccc(F)c1)Cc1cccn1Cc1cccc(C(F)(F)F)c1. The fraction of sp³-hybridized carbons (Fsp3) is 0.304. The Morgan fingerprint density at radius 3 is 2.43 bits per heavy atom. The van der Waals surface area contributed by atoms with E-state index in [2.05, 4.69) is 4.90 Å². The Morgan fingerprint density at radius 1 is 0.933 bits per heavy atom. The van der Waals surface area contributed by atoms with E-state index in [1.165, 1.54) is 24.3 Å². The van der Waals surface area contributed by atoms with Crippen LogP contribution in [0.15, 0.2) is 66.9 Å². The monoisotopic (exact) mass is 420 g/mol. The van der Waals surface area contributed by atoms with Gasteiger partial charge in [0.1, 0.15) is 5.82 Å². The molecule has 160 valence electrons. The van der Waals surface area contributed by atoms with Gasteiger partial charge in [0.2, 0.25) is 0 Å². The zero-order chi connectivity index (χ0) is 21.6. The predicted octanol–water partition coefficient (Wildman–Crippen LogP) is 5.34. The van der Waals surface area contributed by atoms with Crippen LogP contribution in [0.5, 0.6) is 0 Å². The van der Waals surface area contributed by atoms with Crippen LogP contribution in [-0.2, 0) is 30.5 Å². The van der Waals surface area contributed by atoms with E-state index in [1.54, 1.807) is 19.2 Å². The molecule has 0 atom stereocenters. The third-order valence-electron chi connectivity index (χ3n) is 4.82. The molecule has 3 aromatic rings. The molecule has 0 saturated carbocycles. The molecule has 3 rings (SSSR count). The van der Waals surface area contributed by atoms with Gasteiger partial charge in [-0.3, -0.25) is 4.90 Å². The molecule has 1 heterocycles. The van der Waals surface area contributed by atoms with Crippen molar-refractivity contribution < 1.29 is 22.3 Å². The molecule has 0 aliphatic carbocycles. The maximum Gasteiger partial charge on any atom is 0.416 e. The largest absolute Gasteiger partial charge is 0.416 e. The minimum absolute atomic E-state index is 0.285. The van der Waals surface area contributed by atoms with Gasteiger partial charge in [-0.2, -0.15) is 13.2 Å². The van der Waals surface area contributed by atoms with Gasteiger partial charge in [0.05, 0.1) is 12.2 Å². The van der Waals surface area contributed by atoms with Crippen molar-refractivity contribution in [2.75, 3.05) is 20.3 Å². The van der Waals surface area contributed by atoms with E-state index in [1.807, 2.05) is 29.0 Å². The van der Waals surface area contributed by atoms with Crippen LogP contribution in [0.2, 0.25) is 0 Å². The highest BCUT2D eigenvalue weighted by molar-refractivity contribution is 5.26. The normalized spacial score (nSPS) is 11.9. The second-order valence-electron chi connectivity index (χ2n) is 7.16. The Hall–Kier alpha value is -2.64. The minimum atomic E-state index is -4.36. The third-order valence-corrected chi connectivity index (χ3v) is 4.82. The third kappa shape index (κ3) is 6.18. The van der Waals surface area contributed by atoms with E-state index in [0.717, 1.165) is 17.3 Å². The molecule has 0 aliphatic rings. The first-order valence-corrected chi connectivity index (χ1v) is 9.61. The van der Waals surface area contributed by atoms with Crippen LogP contribution in [0, 0.1) is 5.82 Å². The Kier molecular flexibility index (Phi) is 7.29. The quantitative estimate of drug-likeness (QED) is 0.435. The Morgan fingerprint density at radius 2 is 1.70 bits per heavy atom. The number of aromatic nitrogens is 1. The highest BCUT2D eigenvalue weighted by Crippen LogP contribution is 2.29. The van der Waals surface area contributed by atoms with Crippen molar-refractivity contribution in [3.63, 3.8) is 0 Å². The number of hydrogen-bond acceptors (Lipinski definition) is 2. The number of rotatable bonds is 9. The lowest BCUT2D eigenvalue weighted by molar-refractivity contribution is -0.137. The van der Waals surface area contributed by atoms with E-state index >= 15 is 0 Å². The molecule has 0 N–H and O–H groups in total. The molecule has 0 unspecified atom stereocenters. The molecule has 0 amide bonds. The van der Waals surface area contributed by atoms with Crippen molar-refractivity contribution >= 4 is 0 Å². The molecule has 0 fully saturated rings. The van der Waals surface area contributed by atoms with Gasteiger partial charge in [0, 0.05) is 45.2 Å². The van der Waals surface area contributed by atoms with Crippen LogP contribution in [-0.4, -0.2) is 29.7 Å². The number of alkyl halides is 3. The summed E-state index contributed by atoms with van der Waals surface area (Å²) in [6.07, 6.45) is -2.51. The molecule has 2 aromatic carbocycles. The molecule has 0 radical (unpaired) electrons. The van der Waals surface area contributed by atoms with Crippen LogP contribution in [0.3, 0.4) is 0 Å². The van der Waals surface area contributed by atoms with Gasteiger partial charge < -0.3 is 9.30 Å². The van der Waals surface area contributed by atoms with E-state index in [0.29, 0.717) is 38.3 Å². The number of hydrogen-bond donors (Lipinski definition) is 0. The lowest BCUT2D eigenvalue weighted by Gasteiger charge is -2.23. The van der Waals surface area contributed by atoms with Crippen LogP contribution in [0.4, 0.5) is 17.6 Å². The Labute approximate surface area is 173 Å². The number of nitrogens with zero attached hydrogens (tertiary/aromatic N) is 2. The summed E-state index contributed by atoms with van der Waals surface area (Å²) in [7, 11) is 1.62. The van der Waals surface area contributed by atoms with Gasteiger partial charge in [0.15, 0.2) is 0 Å². The van der Waals surface area contributed by atoms with Gasteiger partial charge in [-0.25, -0.2) is 4.39 Å². The second kappa shape index (κ2) is 9.91. The highest BCUT2D eigenvalue weighted by atomic mass is 19.4. The fourth-order valence-electron chi connectivity index (χ4n) is 3.35. The molecule has 0 bridgehead atoms. The van der Waals surface area contributed by atoms with Crippen molar-refractivity contribution in [1.82, 2.24) is 9.47 Å². The molecule has 0 saturated heterocycles. The van der Waals surface area contributed by atoms with Gasteiger partial charge in [-0.15, -0.1) is 0 Å². The van der Waals surface area contributed by atoms with Crippen LogP contribution in [0.1, 0.15) is 22.4 Å². The second-order valence-corrected chi connectivity index (χ2v) is 7.16. The standard InChI is InChI=1S/C23H24F4N2O/c1-30-12-11-28(15-19-6-3-8-21(24)14-19)17-22-9-4-10-29(22)16-18-5-2-7-20(13-18)23(25,26)27/h2-10,13-14H,11-12,15-17H2,1H3. The van der Waals surface area contributed by atoms with Crippen LogP contribution in [0.25, 0.3) is 0 Å². The summed E-state index contributed by atoms with van der Waals surface area (Å²) in [5.74, 6) is -0.285. The van der Waals surface area contributed by atoms with Gasteiger partial charge in [-0.05, 0) is 47.5 Å². The zero-order valence-corrected chi connectivity index (χ0v) is 16.7. The number of benzene rings is 2. The molecule has 3 nitrogen and oxygen atoms in total. The van der Waals surface area contributed by atoms with Crippen molar-refractivity contribution in [2.24, 2.45) is 0 Å². The van der Waals surface area contributed by atoms with Gasteiger partial charge in [0.25, 0.3) is 0 Å². The van der Waals surface area contributed by atoms with E-state index in [-0.39, 0.29) is 5.82 Å². The van der Waals surface area contributed by atoms with Crippen molar-refractivity contribution in [3.05, 3.63) is 95.1 Å². The molecule has 7 heteroatoms. The van der Waals surface area contributed by atoms with Gasteiger partial charge in [-0.1, -0.05) is 24.3 Å². The number of methoxy groups -OCH3 is 1. The molecular weight excluding hydrogens is 396 g/mol. The lowest BCUT2D eigenvalue weighted by Crippen LogP contribution is -2.27. The maximum absolute atomic E-state index is 13.5. The molecule has 1 aromatic heterocycles. The summed E-state index contributed by atoms with van der Waals surface area (Å²) in [5, 5.41) is 0. The van der Waals surface area contributed by atoms with Crippen molar-refractivity contribution in [1.29, 1.82) is 0 Å². The first-order chi connectivity index (χ1) is 14.3. The predicted molar refractivity (Wildman–Crippen MR) is 107 cm³/mol. The molecule has 0 spiro atoms. The average Bonchev–Trinajstić information content (AvgIpc) is 3.12. The smallest absolute Gasteiger partial charge is 0.383 e. The zero-order valence-electron chi connectivity index (χ0n) is 16.7. The van der Waals surface area contributed by atoms with E-state index < -0.39 is 11.7 Å². The Bertz CT molecular complexity index is 952. The maximum atomic E-state index is 13.5. The average molecular weight is 420 g/mol.